The highest BCUT2D eigenvalue weighted by molar-refractivity contribution is 5.94. The second-order valence-corrected chi connectivity index (χ2v) is 5.26. The van der Waals surface area contributed by atoms with Gasteiger partial charge in [-0.1, -0.05) is 17.3 Å². The summed E-state index contributed by atoms with van der Waals surface area (Å²) < 4.78 is 23.2. The van der Waals surface area contributed by atoms with Crippen LogP contribution in [-0.4, -0.2) is 29.7 Å². The van der Waals surface area contributed by atoms with Gasteiger partial charge in [-0.05, 0) is 36.4 Å². The van der Waals surface area contributed by atoms with E-state index in [4.69, 9.17) is 9.26 Å². The Balaban J connectivity index is 1.56. The first-order valence-electron chi connectivity index (χ1n) is 7.66. The van der Waals surface area contributed by atoms with Crippen LogP contribution in [0, 0.1) is 5.82 Å². The fraction of sp³-hybridized carbons (Fsp3) is 0.167. The minimum Gasteiger partial charge on any atom is -0.497 e. The van der Waals surface area contributed by atoms with Crippen molar-refractivity contribution in [3.05, 3.63) is 65.8 Å². The summed E-state index contributed by atoms with van der Waals surface area (Å²) in [4.78, 5) is 16.2. The average molecular weight is 341 g/mol. The van der Waals surface area contributed by atoms with E-state index in [1.165, 1.54) is 24.3 Å². The summed E-state index contributed by atoms with van der Waals surface area (Å²) in [5.74, 6) is 0.909. The number of benzene rings is 2. The van der Waals surface area contributed by atoms with Crippen LogP contribution in [0.4, 0.5) is 4.39 Å². The summed E-state index contributed by atoms with van der Waals surface area (Å²) in [6, 6.07) is 12.7. The highest BCUT2D eigenvalue weighted by Gasteiger charge is 2.10. The van der Waals surface area contributed by atoms with Crippen LogP contribution in [0.2, 0.25) is 0 Å². The largest absolute Gasteiger partial charge is 0.497 e. The minimum atomic E-state index is -0.382. The molecule has 7 heteroatoms. The van der Waals surface area contributed by atoms with Gasteiger partial charge in [-0.25, -0.2) is 4.39 Å². The molecule has 0 bridgehead atoms. The van der Waals surface area contributed by atoms with Crippen LogP contribution < -0.4 is 10.1 Å². The minimum absolute atomic E-state index is 0.285. The van der Waals surface area contributed by atoms with Gasteiger partial charge in [-0.3, -0.25) is 4.79 Å². The van der Waals surface area contributed by atoms with Crippen molar-refractivity contribution in [3.8, 4) is 17.1 Å². The van der Waals surface area contributed by atoms with Crippen molar-refractivity contribution >= 4 is 5.91 Å². The predicted octanol–water partition coefficient (Wildman–Crippen LogP) is 2.86. The van der Waals surface area contributed by atoms with Crippen molar-refractivity contribution in [2.45, 2.75) is 6.42 Å². The summed E-state index contributed by atoms with van der Waals surface area (Å²) in [6.07, 6.45) is 0.393. The lowest BCUT2D eigenvalue weighted by molar-refractivity contribution is 0.0953. The standard InChI is InChI=1S/C18H16FN3O3/c1-24-15-4-2-3-13(11-15)17-21-16(25-22-17)9-10-20-18(23)12-5-7-14(19)8-6-12/h2-8,11H,9-10H2,1H3,(H,20,23). The molecule has 0 fully saturated rings. The highest BCUT2D eigenvalue weighted by Crippen LogP contribution is 2.21. The van der Waals surface area contributed by atoms with Crippen LogP contribution in [0.1, 0.15) is 16.2 Å². The summed E-state index contributed by atoms with van der Waals surface area (Å²) in [5, 5.41) is 6.66. The van der Waals surface area contributed by atoms with Crippen molar-refractivity contribution in [2.24, 2.45) is 0 Å². The Morgan fingerprint density at radius 1 is 1.24 bits per heavy atom. The van der Waals surface area contributed by atoms with Gasteiger partial charge in [-0.15, -0.1) is 0 Å². The second kappa shape index (κ2) is 7.57. The van der Waals surface area contributed by atoms with E-state index in [1.54, 1.807) is 7.11 Å². The molecule has 0 aliphatic heterocycles. The van der Waals surface area contributed by atoms with Crippen LogP contribution >= 0.6 is 0 Å². The molecule has 1 aromatic heterocycles. The predicted molar refractivity (Wildman–Crippen MR) is 88.7 cm³/mol. The molecule has 0 saturated carbocycles. The normalized spacial score (nSPS) is 10.5. The zero-order valence-corrected chi connectivity index (χ0v) is 13.5. The van der Waals surface area contributed by atoms with Crippen LogP contribution in [0.5, 0.6) is 5.75 Å². The molecular weight excluding hydrogens is 325 g/mol. The Morgan fingerprint density at radius 2 is 2.04 bits per heavy atom. The van der Waals surface area contributed by atoms with Gasteiger partial charge in [0.2, 0.25) is 11.7 Å². The topological polar surface area (TPSA) is 77.3 Å². The van der Waals surface area contributed by atoms with Gasteiger partial charge in [0.15, 0.2) is 0 Å². The van der Waals surface area contributed by atoms with E-state index in [0.717, 1.165) is 5.56 Å². The van der Waals surface area contributed by atoms with E-state index in [1.807, 2.05) is 24.3 Å². The third-order valence-electron chi connectivity index (χ3n) is 3.53. The molecule has 0 aliphatic rings. The number of ether oxygens (including phenoxy) is 1. The summed E-state index contributed by atoms with van der Waals surface area (Å²) in [6.45, 7) is 0.329. The lowest BCUT2D eigenvalue weighted by Crippen LogP contribution is -2.25. The van der Waals surface area contributed by atoms with Gasteiger partial charge in [0.05, 0.1) is 7.11 Å². The van der Waals surface area contributed by atoms with Crippen molar-refractivity contribution in [2.75, 3.05) is 13.7 Å². The molecule has 3 rings (SSSR count). The molecule has 2 aromatic carbocycles. The number of hydrogen-bond donors (Lipinski definition) is 1. The summed E-state index contributed by atoms with van der Waals surface area (Å²) in [7, 11) is 1.59. The van der Waals surface area contributed by atoms with Gasteiger partial charge < -0.3 is 14.6 Å². The van der Waals surface area contributed by atoms with Crippen LogP contribution in [0.15, 0.2) is 53.1 Å². The zero-order chi connectivity index (χ0) is 17.6. The van der Waals surface area contributed by atoms with E-state index in [9.17, 15) is 9.18 Å². The number of rotatable bonds is 6. The first-order chi connectivity index (χ1) is 12.2. The molecule has 0 unspecified atom stereocenters. The number of nitrogens with zero attached hydrogens (tertiary/aromatic N) is 2. The Hall–Kier alpha value is -3.22. The van der Waals surface area contributed by atoms with Gasteiger partial charge in [0.1, 0.15) is 11.6 Å². The molecule has 0 radical (unpaired) electrons. The molecule has 0 saturated heterocycles. The molecule has 1 amide bonds. The van der Waals surface area contributed by atoms with Gasteiger partial charge in [-0.2, -0.15) is 4.98 Å². The molecule has 3 aromatic rings. The quantitative estimate of drug-likeness (QED) is 0.746. The number of halogens is 1. The van der Waals surface area contributed by atoms with Crippen LogP contribution in [0.25, 0.3) is 11.4 Å². The molecule has 25 heavy (non-hydrogen) atoms. The third-order valence-corrected chi connectivity index (χ3v) is 3.53. The summed E-state index contributed by atoms with van der Waals surface area (Å²) >= 11 is 0. The lowest BCUT2D eigenvalue weighted by atomic mass is 10.2. The summed E-state index contributed by atoms with van der Waals surface area (Å²) in [5.41, 5.74) is 1.17. The molecule has 1 heterocycles. The maximum absolute atomic E-state index is 12.8. The number of amides is 1. The maximum Gasteiger partial charge on any atom is 0.251 e. The highest BCUT2D eigenvalue weighted by atomic mass is 19.1. The fourth-order valence-corrected chi connectivity index (χ4v) is 2.22. The Labute approximate surface area is 143 Å². The molecule has 6 nitrogen and oxygen atoms in total. The van der Waals surface area contributed by atoms with Crippen molar-refractivity contribution in [1.29, 1.82) is 0 Å². The molecule has 0 aliphatic carbocycles. The zero-order valence-electron chi connectivity index (χ0n) is 13.5. The second-order valence-electron chi connectivity index (χ2n) is 5.26. The van der Waals surface area contributed by atoms with E-state index < -0.39 is 0 Å². The number of methoxy groups -OCH3 is 1. The maximum atomic E-state index is 12.8. The fourth-order valence-electron chi connectivity index (χ4n) is 2.22. The van der Waals surface area contributed by atoms with E-state index in [-0.39, 0.29) is 11.7 Å². The first-order valence-corrected chi connectivity index (χ1v) is 7.66. The lowest BCUT2D eigenvalue weighted by Gasteiger charge is -2.03. The van der Waals surface area contributed by atoms with Crippen molar-refractivity contribution < 1.29 is 18.4 Å². The van der Waals surface area contributed by atoms with E-state index in [2.05, 4.69) is 15.5 Å². The van der Waals surface area contributed by atoms with Gasteiger partial charge >= 0.3 is 0 Å². The number of aromatic nitrogens is 2. The molecule has 128 valence electrons. The monoisotopic (exact) mass is 341 g/mol. The SMILES string of the molecule is COc1cccc(-c2noc(CCNC(=O)c3ccc(F)cc3)n2)c1. The molecular formula is C18H16FN3O3. The Kier molecular flexibility index (Phi) is 5.03. The molecule has 1 N–H and O–H groups in total. The van der Waals surface area contributed by atoms with Crippen molar-refractivity contribution in [3.63, 3.8) is 0 Å². The number of carbonyl (C=O) groups excluding carboxylic acids is 1. The van der Waals surface area contributed by atoms with Crippen molar-refractivity contribution in [1.82, 2.24) is 15.5 Å². The first kappa shape index (κ1) is 16.6. The van der Waals surface area contributed by atoms with E-state index >= 15 is 0 Å². The number of hydrogen-bond acceptors (Lipinski definition) is 5. The van der Waals surface area contributed by atoms with Crippen LogP contribution in [-0.2, 0) is 6.42 Å². The smallest absolute Gasteiger partial charge is 0.251 e. The molecule has 0 atom stereocenters. The van der Waals surface area contributed by atoms with Gasteiger partial charge in [0.25, 0.3) is 5.91 Å². The number of nitrogens with one attached hydrogen (secondary N) is 1. The molecule has 0 spiro atoms. The third kappa shape index (κ3) is 4.20. The van der Waals surface area contributed by atoms with Crippen LogP contribution in [0.3, 0.4) is 0 Å². The van der Waals surface area contributed by atoms with Gasteiger partial charge in [0, 0.05) is 24.1 Å². The Morgan fingerprint density at radius 3 is 2.80 bits per heavy atom. The number of carbonyl (C=O) groups is 1. The van der Waals surface area contributed by atoms with E-state index in [0.29, 0.717) is 36.0 Å². The Bertz CT molecular complexity index is 862. The average Bonchev–Trinajstić information content (AvgIpc) is 3.11.